The Balaban J connectivity index is 1.47. The molecule has 2 fully saturated rings. The van der Waals surface area contributed by atoms with Crippen molar-refractivity contribution in [3.63, 3.8) is 0 Å². The second-order valence-electron chi connectivity index (χ2n) is 5.02. The molecule has 78 valence electrons. The lowest BCUT2D eigenvalue weighted by atomic mass is 10.0. The van der Waals surface area contributed by atoms with Crippen molar-refractivity contribution in [3.8, 4) is 0 Å². The summed E-state index contributed by atoms with van der Waals surface area (Å²) in [5, 5.41) is 3.79. The van der Waals surface area contributed by atoms with E-state index in [0.29, 0.717) is 0 Å². The molecule has 2 unspecified atom stereocenters. The number of thioether (sulfide) groups is 1. The number of rotatable bonds is 3. The van der Waals surface area contributed by atoms with Crippen LogP contribution in [0.5, 0.6) is 0 Å². The maximum atomic E-state index is 3.79. The Morgan fingerprint density at radius 2 is 2.29 bits per heavy atom. The van der Waals surface area contributed by atoms with Gasteiger partial charge in [-0.3, -0.25) is 0 Å². The average Bonchev–Trinajstić information content (AvgIpc) is 2.91. The van der Waals surface area contributed by atoms with E-state index >= 15 is 0 Å². The molecule has 1 aliphatic heterocycles. The summed E-state index contributed by atoms with van der Waals surface area (Å²) in [5.74, 6) is 5.53. The molecule has 2 bridgehead atoms. The molecule has 0 aromatic heterocycles. The first kappa shape index (κ1) is 9.29. The molecule has 1 saturated heterocycles. The standard InChI is InChI=1S/C12H19NS/c1-2-11-5-9(1)6-12(11)13-7-10-3-4-14-8-10/h1-2,9-13H,3-8H2/t9-,10?,11+,12?/m1/s1. The van der Waals surface area contributed by atoms with Crippen LogP contribution < -0.4 is 5.32 Å². The van der Waals surface area contributed by atoms with Crippen LogP contribution in [0.4, 0.5) is 0 Å². The highest BCUT2D eigenvalue weighted by atomic mass is 32.2. The van der Waals surface area contributed by atoms with Crippen molar-refractivity contribution in [2.24, 2.45) is 17.8 Å². The van der Waals surface area contributed by atoms with Gasteiger partial charge in [-0.05, 0) is 55.1 Å². The van der Waals surface area contributed by atoms with Crippen LogP contribution in [-0.4, -0.2) is 24.1 Å². The van der Waals surface area contributed by atoms with E-state index in [0.717, 1.165) is 23.8 Å². The molecular formula is C12H19NS. The third kappa shape index (κ3) is 1.74. The summed E-state index contributed by atoms with van der Waals surface area (Å²) >= 11 is 2.13. The largest absolute Gasteiger partial charge is 0.313 e. The van der Waals surface area contributed by atoms with Crippen molar-refractivity contribution in [1.29, 1.82) is 0 Å². The number of nitrogens with one attached hydrogen (secondary N) is 1. The highest BCUT2D eigenvalue weighted by Crippen LogP contribution is 2.39. The van der Waals surface area contributed by atoms with Gasteiger partial charge in [0.25, 0.3) is 0 Å². The molecule has 0 spiro atoms. The third-order valence-electron chi connectivity index (χ3n) is 3.97. The summed E-state index contributed by atoms with van der Waals surface area (Å²) in [4.78, 5) is 0. The average molecular weight is 209 g/mol. The van der Waals surface area contributed by atoms with Crippen molar-refractivity contribution < 1.29 is 0 Å². The zero-order chi connectivity index (χ0) is 9.38. The van der Waals surface area contributed by atoms with Crippen LogP contribution in [0.3, 0.4) is 0 Å². The van der Waals surface area contributed by atoms with Gasteiger partial charge in [-0.15, -0.1) is 0 Å². The van der Waals surface area contributed by atoms with Crippen LogP contribution in [0.2, 0.25) is 0 Å². The smallest absolute Gasteiger partial charge is 0.0136 e. The van der Waals surface area contributed by atoms with Crippen LogP contribution >= 0.6 is 11.8 Å². The Labute approximate surface area is 90.7 Å². The minimum absolute atomic E-state index is 0.815. The van der Waals surface area contributed by atoms with Crippen LogP contribution in [-0.2, 0) is 0 Å². The van der Waals surface area contributed by atoms with Crippen LogP contribution in [0.1, 0.15) is 19.3 Å². The lowest BCUT2D eigenvalue weighted by Crippen LogP contribution is -2.36. The van der Waals surface area contributed by atoms with E-state index in [1.54, 1.807) is 0 Å². The molecular weight excluding hydrogens is 190 g/mol. The van der Waals surface area contributed by atoms with Crippen LogP contribution in [0.25, 0.3) is 0 Å². The van der Waals surface area contributed by atoms with Gasteiger partial charge in [0.2, 0.25) is 0 Å². The van der Waals surface area contributed by atoms with Crippen molar-refractivity contribution >= 4 is 11.8 Å². The number of hydrogen-bond donors (Lipinski definition) is 1. The molecule has 1 saturated carbocycles. The Kier molecular flexibility index (Phi) is 2.59. The van der Waals surface area contributed by atoms with E-state index in [-0.39, 0.29) is 0 Å². The molecule has 1 nitrogen and oxygen atoms in total. The molecule has 0 aromatic rings. The molecule has 2 heteroatoms. The Bertz CT molecular complexity index is 232. The second-order valence-corrected chi connectivity index (χ2v) is 6.17. The molecule has 14 heavy (non-hydrogen) atoms. The van der Waals surface area contributed by atoms with E-state index in [9.17, 15) is 0 Å². The first-order valence-electron chi connectivity index (χ1n) is 5.91. The fourth-order valence-corrected chi connectivity index (χ4v) is 4.36. The van der Waals surface area contributed by atoms with Gasteiger partial charge in [0, 0.05) is 6.04 Å². The summed E-state index contributed by atoms with van der Waals surface area (Å²) in [6.07, 6.45) is 9.13. The minimum Gasteiger partial charge on any atom is -0.313 e. The molecule has 0 amide bonds. The van der Waals surface area contributed by atoms with Crippen molar-refractivity contribution in [1.82, 2.24) is 5.32 Å². The monoisotopic (exact) mass is 209 g/mol. The van der Waals surface area contributed by atoms with Crippen molar-refractivity contribution in [2.45, 2.75) is 25.3 Å². The van der Waals surface area contributed by atoms with Gasteiger partial charge in [-0.2, -0.15) is 11.8 Å². The van der Waals surface area contributed by atoms with Gasteiger partial charge in [0.1, 0.15) is 0 Å². The molecule has 3 rings (SSSR count). The summed E-state index contributed by atoms with van der Waals surface area (Å²) < 4.78 is 0. The molecule has 0 aromatic carbocycles. The molecule has 1 N–H and O–H groups in total. The number of fused-ring (bicyclic) bond motifs is 2. The quantitative estimate of drug-likeness (QED) is 0.716. The zero-order valence-electron chi connectivity index (χ0n) is 8.61. The van der Waals surface area contributed by atoms with Gasteiger partial charge < -0.3 is 5.32 Å². The zero-order valence-corrected chi connectivity index (χ0v) is 9.43. The third-order valence-corrected chi connectivity index (χ3v) is 5.20. The molecule has 2 aliphatic carbocycles. The predicted molar refractivity (Wildman–Crippen MR) is 62.6 cm³/mol. The predicted octanol–water partition coefficient (Wildman–Crippen LogP) is 2.29. The topological polar surface area (TPSA) is 12.0 Å². The van der Waals surface area contributed by atoms with E-state index in [4.69, 9.17) is 0 Å². The number of hydrogen-bond acceptors (Lipinski definition) is 2. The van der Waals surface area contributed by atoms with Crippen LogP contribution in [0, 0.1) is 17.8 Å². The summed E-state index contributed by atoms with van der Waals surface area (Å²) in [6.45, 7) is 1.27. The van der Waals surface area contributed by atoms with Crippen molar-refractivity contribution in [3.05, 3.63) is 12.2 Å². The Morgan fingerprint density at radius 3 is 2.93 bits per heavy atom. The first-order chi connectivity index (χ1) is 6.92. The highest BCUT2D eigenvalue weighted by Gasteiger charge is 2.35. The van der Waals surface area contributed by atoms with Gasteiger partial charge in [-0.1, -0.05) is 12.2 Å². The fraction of sp³-hybridized carbons (Fsp3) is 0.833. The van der Waals surface area contributed by atoms with E-state index in [1.807, 2.05) is 0 Å². The normalized spacial score (nSPS) is 45.1. The van der Waals surface area contributed by atoms with Crippen molar-refractivity contribution in [2.75, 3.05) is 18.1 Å². The van der Waals surface area contributed by atoms with Gasteiger partial charge in [-0.25, -0.2) is 0 Å². The Hall–Kier alpha value is 0.0500. The first-order valence-corrected chi connectivity index (χ1v) is 7.07. The van der Waals surface area contributed by atoms with E-state index in [1.165, 1.54) is 37.3 Å². The number of allylic oxidation sites excluding steroid dienone is 1. The van der Waals surface area contributed by atoms with E-state index in [2.05, 4.69) is 29.2 Å². The molecule has 0 radical (unpaired) electrons. The maximum Gasteiger partial charge on any atom is 0.0136 e. The summed E-state index contributed by atoms with van der Waals surface area (Å²) in [6, 6.07) is 0.815. The summed E-state index contributed by atoms with van der Waals surface area (Å²) in [5.41, 5.74) is 0. The Morgan fingerprint density at radius 1 is 1.29 bits per heavy atom. The van der Waals surface area contributed by atoms with Crippen LogP contribution in [0.15, 0.2) is 12.2 Å². The molecule has 4 atom stereocenters. The summed E-state index contributed by atoms with van der Waals surface area (Å²) in [7, 11) is 0. The van der Waals surface area contributed by atoms with Gasteiger partial charge in [0.05, 0.1) is 0 Å². The SMILES string of the molecule is C1=C[C@H]2C[C@@H]1CC2NCC1CCSC1. The lowest BCUT2D eigenvalue weighted by Gasteiger charge is -2.21. The lowest BCUT2D eigenvalue weighted by molar-refractivity contribution is 0.409. The highest BCUT2D eigenvalue weighted by molar-refractivity contribution is 7.99. The van der Waals surface area contributed by atoms with Gasteiger partial charge in [0.15, 0.2) is 0 Å². The second kappa shape index (κ2) is 3.90. The minimum atomic E-state index is 0.815. The maximum absolute atomic E-state index is 3.79. The fourth-order valence-electron chi connectivity index (χ4n) is 3.08. The van der Waals surface area contributed by atoms with E-state index < -0.39 is 0 Å². The molecule has 3 aliphatic rings. The van der Waals surface area contributed by atoms with Gasteiger partial charge >= 0.3 is 0 Å². The molecule has 1 heterocycles.